The Balaban J connectivity index is 1.47. The number of anilines is 3. The zero-order chi connectivity index (χ0) is 27.6. The van der Waals surface area contributed by atoms with Crippen LogP contribution in [0, 0.1) is 0 Å². The minimum atomic E-state index is 0.564. The summed E-state index contributed by atoms with van der Waals surface area (Å²) >= 11 is 0. The van der Waals surface area contributed by atoms with Gasteiger partial charge in [-0.3, -0.25) is 0 Å². The van der Waals surface area contributed by atoms with Crippen LogP contribution in [0.5, 0.6) is 5.75 Å². The van der Waals surface area contributed by atoms with E-state index in [9.17, 15) is 0 Å². The topological polar surface area (TPSA) is 37.6 Å². The van der Waals surface area contributed by atoms with Gasteiger partial charge in [0.05, 0.1) is 16.7 Å². The molecule has 0 aliphatic heterocycles. The molecule has 7 aromatic rings. The SMILES string of the molecule is O[B]Oc1ccc(N(c2ccc3c(c2)c2ccccc2n3-c2ccccc2)c2ccccc2-c2ccccc2)cc1. The predicted molar refractivity (Wildman–Crippen MR) is 170 cm³/mol. The molecular weight excluding hydrogens is 503 g/mol. The second-order valence-corrected chi connectivity index (χ2v) is 9.83. The minimum Gasteiger partial charge on any atom is -0.537 e. The van der Waals surface area contributed by atoms with Gasteiger partial charge in [0.25, 0.3) is 0 Å². The van der Waals surface area contributed by atoms with Gasteiger partial charge in [0.1, 0.15) is 5.75 Å². The van der Waals surface area contributed by atoms with Crippen molar-refractivity contribution in [1.29, 1.82) is 0 Å². The number of fused-ring (bicyclic) bond motifs is 3. The summed E-state index contributed by atoms with van der Waals surface area (Å²) in [5.74, 6) is 0.564. The van der Waals surface area contributed by atoms with E-state index in [1.807, 2.05) is 36.4 Å². The highest BCUT2D eigenvalue weighted by Crippen LogP contribution is 2.43. The standard InChI is InChI=1S/C36H26BN2O2/c40-37-41-30-22-19-28(20-23-30)38(34-17-9-7-15-31(34)26-11-3-1-4-12-26)29-21-24-36-33(25-29)32-16-8-10-18-35(32)39(36)27-13-5-2-6-14-27/h1-25,40H. The first kappa shape index (κ1) is 24.8. The summed E-state index contributed by atoms with van der Waals surface area (Å²) in [4.78, 5) is 2.28. The van der Waals surface area contributed by atoms with Crippen molar-refractivity contribution >= 4 is 46.6 Å². The zero-order valence-electron chi connectivity index (χ0n) is 22.3. The van der Waals surface area contributed by atoms with Crippen LogP contribution in [0.25, 0.3) is 38.6 Å². The Morgan fingerprint density at radius 3 is 1.98 bits per heavy atom. The Morgan fingerprint density at radius 1 is 0.561 bits per heavy atom. The zero-order valence-corrected chi connectivity index (χ0v) is 22.3. The number of aromatic nitrogens is 1. The molecule has 0 saturated heterocycles. The van der Waals surface area contributed by atoms with E-state index in [-0.39, 0.29) is 0 Å². The summed E-state index contributed by atoms with van der Waals surface area (Å²) in [5.41, 5.74) is 8.81. The average Bonchev–Trinajstić information content (AvgIpc) is 3.37. The second kappa shape index (κ2) is 10.7. The Hall–Kier alpha value is -5.26. The maximum atomic E-state index is 9.13. The largest absolute Gasteiger partial charge is 0.569 e. The molecule has 7 rings (SSSR count). The van der Waals surface area contributed by atoms with Crippen molar-refractivity contribution in [2.75, 3.05) is 4.90 Å². The van der Waals surface area contributed by atoms with Crippen LogP contribution >= 0.6 is 0 Å². The summed E-state index contributed by atoms with van der Waals surface area (Å²) < 4.78 is 7.53. The van der Waals surface area contributed by atoms with Gasteiger partial charge >= 0.3 is 7.69 Å². The second-order valence-electron chi connectivity index (χ2n) is 9.83. The third-order valence-electron chi connectivity index (χ3n) is 7.44. The van der Waals surface area contributed by atoms with Gasteiger partial charge in [-0.1, -0.05) is 84.9 Å². The van der Waals surface area contributed by atoms with Crippen molar-refractivity contribution in [3.05, 3.63) is 152 Å². The first-order valence-corrected chi connectivity index (χ1v) is 13.6. The fraction of sp³-hybridized carbons (Fsp3) is 0. The summed E-state index contributed by atoms with van der Waals surface area (Å²) in [6.07, 6.45) is 0. The van der Waals surface area contributed by atoms with Gasteiger partial charge in [0.2, 0.25) is 0 Å². The number of rotatable bonds is 7. The Labute approximate surface area is 239 Å². The van der Waals surface area contributed by atoms with Crippen molar-refractivity contribution in [3.63, 3.8) is 0 Å². The molecule has 0 fully saturated rings. The summed E-state index contributed by atoms with van der Waals surface area (Å²) in [6.45, 7) is 0. The molecule has 5 heteroatoms. The summed E-state index contributed by atoms with van der Waals surface area (Å²) in [5, 5.41) is 11.5. The van der Waals surface area contributed by atoms with E-state index in [2.05, 4.69) is 125 Å². The van der Waals surface area contributed by atoms with E-state index in [4.69, 9.17) is 9.68 Å². The van der Waals surface area contributed by atoms with Crippen molar-refractivity contribution in [2.24, 2.45) is 0 Å². The molecule has 0 atom stereocenters. The van der Waals surface area contributed by atoms with Crippen LogP contribution in [0.1, 0.15) is 0 Å². The van der Waals surface area contributed by atoms with E-state index < -0.39 is 0 Å². The predicted octanol–water partition coefficient (Wildman–Crippen LogP) is 8.83. The molecule has 41 heavy (non-hydrogen) atoms. The highest BCUT2D eigenvalue weighted by atomic mass is 16.5. The third-order valence-corrected chi connectivity index (χ3v) is 7.44. The van der Waals surface area contributed by atoms with Crippen LogP contribution < -0.4 is 9.55 Å². The quantitative estimate of drug-likeness (QED) is 0.210. The number of nitrogens with zero attached hydrogens (tertiary/aromatic N) is 2. The first-order valence-electron chi connectivity index (χ1n) is 13.6. The molecule has 0 amide bonds. The maximum absolute atomic E-state index is 9.13. The van der Waals surface area contributed by atoms with Gasteiger partial charge in [0, 0.05) is 33.4 Å². The monoisotopic (exact) mass is 529 g/mol. The van der Waals surface area contributed by atoms with E-state index in [0.717, 1.165) is 39.4 Å². The van der Waals surface area contributed by atoms with Gasteiger partial charge < -0.3 is 19.1 Å². The Bertz CT molecular complexity index is 1950. The normalized spacial score (nSPS) is 11.0. The number of para-hydroxylation sites is 3. The molecule has 0 aliphatic rings. The average molecular weight is 529 g/mol. The lowest BCUT2D eigenvalue weighted by molar-refractivity contribution is 0.454. The molecule has 0 spiro atoms. The summed E-state index contributed by atoms with van der Waals surface area (Å²) in [7, 11) is 0.702. The fourth-order valence-corrected chi connectivity index (χ4v) is 5.65. The van der Waals surface area contributed by atoms with Crippen molar-refractivity contribution in [3.8, 4) is 22.6 Å². The van der Waals surface area contributed by atoms with E-state index >= 15 is 0 Å². The van der Waals surface area contributed by atoms with Gasteiger partial charge in [-0.05, 0) is 72.3 Å². The molecule has 4 nitrogen and oxygen atoms in total. The molecule has 0 bridgehead atoms. The van der Waals surface area contributed by atoms with E-state index in [0.29, 0.717) is 13.4 Å². The van der Waals surface area contributed by atoms with Crippen LogP contribution in [-0.2, 0) is 0 Å². The lowest BCUT2D eigenvalue weighted by Gasteiger charge is -2.28. The highest BCUT2D eigenvalue weighted by molar-refractivity contribution is 6.17. The van der Waals surface area contributed by atoms with Crippen LogP contribution in [0.2, 0.25) is 0 Å². The summed E-state index contributed by atoms with van der Waals surface area (Å²) in [6, 6.07) is 52.4. The lowest BCUT2D eigenvalue weighted by atomic mass is 10.0. The molecule has 1 heterocycles. The number of benzene rings is 6. The molecule has 0 unspecified atom stereocenters. The Morgan fingerprint density at radius 2 is 1.20 bits per heavy atom. The first-order chi connectivity index (χ1) is 20.3. The molecule has 0 saturated carbocycles. The Kier molecular flexibility index (Phi) is 6.48. The molecule has 1 radical (unpaired) electrons. The van der Waals surface area contributed by atoms with Crippen LogP contribution in [0.4, 0.5) is 17.1 Å². The smallest absolute Gasteiger partial charge is 0.537 e. The molecule has 1 N–H and O–H groups in total. The van der Waals surface area contributed by atoms with Gasteiger partial charge in [-0.25, -0.2) is 0 Å². The van der Waals surface area contributed by atoms with Crippen LogP contribution in [0.3, 0.4) is 0 Å². The van der Waals surface area contributed by atoms with Gasteiger partial charge in [-0.15, -0.1) is 0 Å². The molecule has 6 aromatic carbocycles. The molecule has 0 aliphatic carbocycles. The number of hydrogen-bond acceptors (Lipinski definition) is 3. The van der Waals surface area contributed by atoms with Crippen molar-refractivity contribution in [2.45, 2.75) is 0 Å². The molecular formula is C36H26BN2O2. The minimum absolute atomic E-state index is 0.564. The van der Waals surface area contributed by atoms with E-state index in [1.165, 1.54) is 16.3 Å². The van der Waals surface area contributed by atoms with Crippen molar-refractivity contribution < 1.29 is 9.68 Å². The number of hydrogen-bond donors (Lipinski definition) is 1. The van der Waals surface area contributed by atoms with Crippen LogP contribution in [0.15, 0.2) is 152 Å². The molecule has 195 valence electrons. The maximum Gasteiger partial charge on any atom is 0.569 e. The lowest BCUT2D eigenvalue weighted by Crippen LogP contribution is -2.11. The third kappa shape index (κ3) is 4.52. The van der Waals surface area contributed by atoms with Gasteiger partial charge in [0.15, 0.2) is 0 Å². The van der Waals surface area contributed by atoms with E-state index in [1.54, 1.807) is 0 Å². The van der Waals surface area contributed by atoms with Crippen molar-refractivity contribution in [1.82, 2.24) is 4.57 Å². The van der Waals surface area contributed by atoms with Gasteiger partial charge in [-0.2, -0.15) is 0 Å². The molecule has 1 aromatic heterocycles. The fourth-order valence-electron chi connectivity index (χ4n) is 5.65. The van der Waals surface area contributed by atoms with Crippen LogP contribution in [-0.4, -0.2) is 17.3 Å². The highest BCUT2D eigenvalue weighted by Gasteiger charge is 2.19.